The summed E-state index contributed by atoms with van der Waals surface area (Å²) in [5.74, 6) is 0.968. The molecule has 0 unspecified atom stereocenters. The van der Waals surface area contributed by atoms with Crippen LogP contribution < -0.4 is 4.74 Å². The highest BCUT2D eigenvalue weighted by molar-refractivity contribution is 8.93. The number of hydrogen-bond acceptors (Lipinski definition) is 2. The molecular weight excluding hydrogens is 338 g/mol. The van der Waals surface area contributed by atoms with Gasteiger partial charge in [0.15, 0.2) is 0 Å². The predicted octanol–water partition coefficient (Wildman–Crippen LogP) is 4.35. The van der Waals surface area contributed by atoms with Gasteiger partial charge in [-0.1, -0.05) is 23.3 Å². The molecule has 3 rings (SSSR count). The van der Waals surface area contributed by atoms with E-state index in [0.29, 0.717) is 0 Å². The van der Waals surface area contributed by atoms with Gasteiger partial charge in [0.1, 0.15) is 5.75 Å². The van der Waals surface area contributed by atoms with Crippen molar-refractivity contribution in [3.63, 3.8) is 0 Å². The molecule has 0 bridgehead atoms. The Bertz CT molecular complexity index is 509. The van der Waals surface area contributed by atoms with Gasteiger partial charge in [-0.05, 0) is 56.5 Å². The van der Waals surface area contributed by atoms with Crippen molar-refractivity contribution < 1.29 is 4.74 Å². The number of hydrogen-bond donors (Lipinski definition) is 0. The van der Waals surface area contributed by atoms with Crippen LogP contribution in [0.25, 0.3) is 6.08 Å². The molecule has 110 valence electrons. The fourth-order valence-electron chi connectivity index (χ4n) is 3.14. The Morgan fingerprint density at radius 2 is 1.95 bits per heavy atom. The van der Waals surface area contributed by atoms with E-state index >= 15 is 0 Å². The molecule has 0 spiro atoms. The fourth-order valence-corrected chi connectivity index (χ4v) is 3.37. The predicted molar refractivity (Wildman–Crippen MR) is 90.3 cm³/mol. The van der Waals surface area contributed by atoms with Gasteiger partial charge >= 0.3 is 0 Å². The Hall–Kier alpha value is -0.510. The Morgan fingerprint density at radius 1 is 1.20 bits per heavy atom. The maximum absolute atomic E-state index is 6.34. The van der Waals surface area contributed by atoms with E-state index < -0.39 is 0 Å². The molecule has 0 N–H and O–H groups in total. The van der Waals surface area contributed by atoms with Crippen LogP contribution in [0.5, 0.6) is 5.75 Å². The fraction of sp³-hybridized carbons (Fsp3) is 0.500. The minimum Gasteiger partial charge on any atom is -0.496 e. The third-order valence-electron chi connectivity index (χ3n) is 4.15. The summed E-state index contributed by atoms with van der Waals surface area (Å²) < 4.78 is 5.44. The van der Waals surface area contributed by atoms with Crippen LogP contribution in [0.1, 0.15) is 30.4 Å². The summed E-state index contributed by atoms with van der Waals surface area (Å²) in [6, 6.07) is 3.91. The molecule has 1 aliphatic carbocycles. The topological polar surface area (TPSA) is 12.5 Å². The average molecular weight is 359 g/mol. The van der Waals surface area contributed by atoms with Gasteiger partial charge < -0.3 is 4.74 Å². The quantitative estimate of drug-likeness (QED) is 0.796. The average Bonchev–Trinajstić information content (AvgIpc) is 2.93. The first-order valence-corrected chi connectivity index (χ1v) is 7.43. The van der Waals surface area contributed by atoms with Crippen molar-refractivity contribution in [2.75, 3.05) is 26.7 Å². The Balaban J connectivity index is 0.00000147. The zero-order chi connectivity index (χ0) is 13.2. The summed E-state index contributed by atoms with van der Waals surface area (Å²) in [6.45, 7) is 3.60. The lowest BCUT2D eigenvalue weighted by atomic mass is 9.91. The molecule has 0 atom stereocenters. The number of benzene rings is 1. The number of ether oxygens (including phenoxy) is 1. The third-order valence-corrected chi connectivity index (χ3v) is 4.48. The number of fused-ring (bicyclic) bond motifs is 1. The highest BCUT2D eigenvalue weighted by Crippen LogP contribution is 2.36. The second-order valence-corrected chi connectivity index (χ2v) is 5.83. The molecule has 20 heavy (non-hydrogen) atoms. The molecule has 0 aromatic heterocycles. The van der Waals surface area contributed by atoms with E-state index in [1.54, 1.807) is 7.11 Å². The molecule has 0 radical (unpaired) electrons. The number of likely N-dealkylation sites (tertiary alicyclic amines) is 1. The van der Waals surface area contributed by atoms with Gasteiger partial charge in [-0.3, -0.25) is 4.90 Å². The van der Waals surface area contributed by atoms with Gasteiger partial charge in [-0.15, -0.1) is 17.0 Å². The SMILES string of the molecule is Br.COc1ccc(Cl)c2c1CCC(CN1CCCC1)=C2. The monoisotopic (exact) mass is 357 g/mol. The third kappa shape index (κ3) is 3.21. The maximum atomic E-state index is 6.34. The standard InChI is InChI=1S/C16H20ClNO.BrH/c1-19-16-7-6-15(17)14-10-12(4-5-13(14)16)11-18-8-2-3-9-18;/h6-7,10H,2-5,8-9,11H2,1H3;1H. The zero-order valence-electron chi connectivity index (χ0n) is 11.8. The molecule has 1 aliphatic heterocycles. The molecule has 4 heteroatoms. The minimum absolute atomic E-state index is 0. The lowest BCUT2D eigenvalue weighted by Gasteiger charge is -2.23. The number of halogens is 2. The van der Waals surface area contributed by atoms with Gasteiger partial charge in [0.25, 0.3) is 0 Å². The van der Waals surface area contributed by atoms with Gasteiger partial charge in [0, 0.05) is 17.1 Å². The first kappa shape index (κ1) is 15.9. The van der Waals surface area contributed by atoms with E-state index in [0.717, 1.165) is 30.2 Å². The Labute approximate surface area is 136 Å². The van der Waals surface area contributed by atoms with Crippen molar-refractivity contribution in [2.24, 2.45) is 0 Å². The van der Waals surface area contributed by atoms with Crippen molar-refractivity contribution in [1.82, 2.24) is 4.90 Å². The summed E-state index contributed by atoms with van der Waals surface area (Å²) in [4.78, 5) is 2.55. The van der Waals surface area contributed by atoms with Gasteiger partial charge in [-0.25, -0.2) is 0 Å². The van der Waals surface area contributed by atoms with E-state index in [4.69, 9.17) is 16.3 Å². The van der Waals surface area contributed by atoms with Crippen molar-refractivity contribution in [1.29, 1.82) is 0 Å². The smallest absolute Gasteiger partial charge is 0.122 e. The summed E-state index contributed by atoms with van der Waals surface area (Å²) >= 11 is 6.34. The number of nitrogens with zero attached hydrogens (tertiary/aromatic N) is 1. The molecule has 1 aromatic rings. The van der Waals surface area contributed by atoms with Crippen molar-refractivity contribution >= 4 is 34.7 Å². The van der Waals surface area contributed by atoms with E-state index in [1.165, 1.54) is 42.6 Å². The maximum Gasteiger partial charge on any atom is 0.122 e. The largest absolute Gasteiger partial charge is 0.496 e. The van der Waals surface area contributed by atoms with Gasteiger partial charge in [-0.2, -0.15) is 0 Å². The lowest BCUT2D eigenvalue weighted by molar-refractivity contribution is 0.364. The minimum atomic E-state index is 0. The molecule has 1 saturated heterocycles. The second kappa shape index (κ2) is 6.97. The molecule has 1 aromatic carbocycles. The number of rotatable bonds is 3. The summed E-state index contributed by atoms with van der Waals surface area (Å²) in [5.41, 5.74) is 3.94. The van der Waals surface area contributed by atoms with Crippen LogP contribution in [0.2, 0.25) is 5.02 Å². The van der Waals surface area contributed by atoms with Crippen LogP contribution in [0.3, 0.4) is 0 Å². The molecule has 0 saturated carbocycles. The molecular formula is C16H21BrClNO. The second-order valence-electron chi connectivity index (χ2n) is 5.43. The van der Waals surface area contributed by atoms with Crippen LogP contribution in [0.15, 0.2) is 17.7 Å². The summed E-state index contributed by atoms with van der Waals surface area (Å²) in [7, 11) is 1.73. The highest BCUT2D eigenvalue weighted by atomic mass is 79.9. The van der Waals surface area contributed by atoms with E-state index in [9.17, 15) is 0 Å². The van der Waals surface area contributed by atoms with Gasteiger partial charge in [0.2, 0.25) is 0 Å². The van der Waals surface area contributed by atoms with Crippen LogP contribution in [-0.4, -0.2) is 31.6 Å². The summed E-state index contributed by atoms with van der Waals surface area (Å²) in [6.07, 6.45) is 7.14. The molecule has 2 nitrogen and oxygen atoms in total. The zero-order valence-corrected chi connectivity index (χ0v) is 14.3. The molecule has 0 amide bonds. The van der Waals surface area contributed by atoms with Crippen molar-refractivity contribution in [3.05, 3.63) is 33.9 Å². The van der Waals surface area contributed by atoms with Gasteiger partial charge in [0.05, 0.1) is 7.11 Å². The van der Waals surface area contributed by atoms with E-state index in [-0.39, 0.29) is 17.0 Å². The van der Waals surface area contributed by atoms with Crippen LogP contribution in [-0.2, 0) is 6.42 Å². The molecule has 1 heterocycles. The van der Waals surface area contributed by atoms with E-state index in [2.05, 4.69) is 11.0 Å². The van der Waals surface area contributed by atoms with Crippen LogP contribution in [0.4, 0.5) is 0 Å². The lowest BCUT2D eigenvalue weighted by Crippen LogP contribution is -2.23. The van der Waals surface area contributed by atoms with Crippen molar-refractivity contribution in [3.8, 4) is 5.75 Å². The van der Waals surface area contributed by atoms with Crippen LogP contribution >= 0.6 is 28.6 Å². The first-order chi connectivity index (χ1) is 9.28. The normalized spacial score (nSPS) is 18.2. The van der Waals surface area contributed by atoms with Crippen molar-refractivity contribution in [2.45, 2.75) is 25.7 Å². The molecule has 2 aliphatic rings. The molecule has 1 fully saturated rings. The first-order valence-electron chi connectivity index (χ1n) is 7.05. The number of methoxy groups -OCH3 is 1. The Morgan fingerprint density at radius 3 is 2.65 bits per heavy atom. The van der Waals surface area contributed by atoms with E-state index in [1.807, 2.05) is 12.1 Å². The summed E-state index contributed by atoms with van der Waals surface area (Å²) in [5, 5.41) is 0.842. The Kier molecular flexibility index (Phi) is 5.53. The van der Waals surface area contributed by atoms with Crippen LogP contribution in [0, 0.1) is 0 Å². The highest BCUT2D eigenvalue weighted by Gasteiger charge is 2.19.